The van der Waals surface area contributed by atoms with Crippen LogP contribution in [-0.4, -0.2) is 29.5 Å². The minimum absolute atomic E-state index is 0.146. The Morgan fingerprint density at radius 2 is 2.00 bits per heavy atom. The molecule has 2 aromatic rings. The second kappa shape index (κ2) is 4.97. The van der Waals surface area contributed by atoms with Crippen molar-refractivity contribution in [1.82, 2.24) is 9.97 Å². The second-order valence-corrected chi connectivity index (χ2v) is 5.66. The number of halogens is 1. The topological polar surface area (TPSA) is 122 Å². The number of anilines is 1. The van der Waals surface area contributed by atoms with Gasteiger partial charge >= 0.3 is 5.97 Å². The minimum atomic E-state index is -3.99. The van der Waals surface area contributed by atoms with Crippen molar-refractivity contribution >= 4 is 37.6 Å². The Hall–Kier alpha value is -1.94. The zero-order valence-corrected chi connectivity index (χ0v) is 11.5. The van der Waals surface area contributed by atoms with E-state index in [0.29, 0.717) is 0 Å². The van der Waals surface area contributed by atoms with Crippen LogP contribution in [0.1, 0.15) is 10.6 Å². The average molecular weight is 348 g/mol. The van der Waals surface area contributed by atoms with Crippen molar-refractivity contribution in [1.29, 1.82) is 0 Å². The molecule has 2 aromatic heterocycles. The molecule has 0 saturated carbocycles. The summed E-state index contributed by atoms with van der Waals surface area (Å²) in [5.74, 6) is -1.86. The zero-order valence-electron chi connectivity index (χ0n) is 9.07. The number of aromatic carboxylic acids is 1. The first-order valence-electron chi connectivity index (χ1n) is 4.70. The van der Waals surface area contributed by atoms with E-state index in [2.05, 4.69) is 30.6 Å². The van der Waals surface area contributed by atoms with Gasteiger partial charge in [-0.15, -0.1) is 0 Å². The summed E-state index contributed by atoms with van der Waals surface area (Å²) in [6, 6.07) is 0.901. The summed E-state index contributed by atoms with van der Waals surface area (Å²) < 4.78 is 30.8. The van der Waals surface area contributed by atoms with E-state index in [1.54, 1.807) is 0 Å². The van der Waals surface area contributed by atoms with Crippen molar-refractivity contribution in [3.05, 3.63) is 35.2 Å². The molecule has 2 heterocycles. The van der Waals surface area contributed by atoms with Crippen molar-refractivity contribution in [2.24, 2.45) is 0 Å². The Balaban J connectivity index is 2.37. The molecular formula is C9H6BrN3O5S. The van der Waals surface area contributed by atoms with Crippen LogP contribution in [-0.2, 0) is 10.0 Å². The molecule has 2 rings (SSSR count). The van der Waals surface area contributed by atoms with Crippen molar-refractivity contribution in [3.63, 3.8) is 0 Å². The Labute approximate surface area is 115 Å². The van der Waals surface area contributed by atoms with Gasteiger partial charge < -0.3 is 9.52 Å². The number of rotatable bonds is 4. The lowest BCUT2D eigenvalue weighted by atomic mass is 10.5. The number of aromatic nitrogens is 2. The minimum Gasteiger partial charge on any atom is -0.475 e. The van der Waals surface area contributed by atoms with E-state index in [0.717, 1.165) is 6.07 Å². The van der Waals surface area contributed by atoms with Crippen molar-refractivity contribution in [2.45, 2.75) is 4.90 Å². The summed E-state index contributed by atoms with van der Waals surface area (Å²) in [5, 5.41) is 8.73. The maximum Gasteiger partial charge on any atom is 0.371 e. The van der Waals surface area contributed by atoms with Crippen LogP contribution in [0.15, 0.2) is 38.8 Å². The largest absolute Gasteiger partial charge is 0.475 e. The molecule has 0 aliphatic heterocycles. The summed E-state index contributed by atoms with van der Waals surface area (Å²) in [4.78, 5) is 17.7. The van der Waals surface area contributed by atoms with Gasteiger partial charge in [0, 0.05) is 6.07 Å². The standard InChI is InChI=1S/C9H6BrN3O5S/c10-8-7(1-6(18-8)9(14)15)19(16,17)13-5-2-11-4-12-3-5/h1-4,13H,(H,14,15). The molecule has 2 N–H and O–H groups in total. The number of carboxylic acid groups (broad SMARTS) is 1. The lowest BCUT2D eigenvalue weighted by Gasteiger charge is -2.04. The molecule has 0 amide bonds. The molecular weight excluding hydrogens is 342 g/mol. The van der Waals surface area contributed by atoms with Crippen molar-refractivity contribution < 1.29 is 22.7 Å². The predicted octanol–water partition coefficient (Wildman–Crippen LogP) is 1.33. The number of hydrogen-bond donors (Lipinski definition) is 2. The van der Waals surface area contributed by atoms with E-state index < -0.39 is 21.8 Å². The van der Waals surface area contributed by atoms with Crippen molar-refractivity contribution in [2.75, 3.05) is 4.72 Å². The average Bonchev–Trinajstić information content (AvgIpc) is 2.73. The first-order valence-corrected chi connectivity index (χ1v) is 6.98. The summed E-state index contributed by atoms with van der Waals surface area (Å²) in [5.41, 5.74) is 0.146. The zero-order chi connectivity index (χ0) is 14.0. The van der Waals surface area contributed by atoms with Crippen LogP contribution in [0.2, 0.25) is 0 Å². The number of carboxylic acids is 1. The van der Waals surface area contributed by atoms with Crippen LogP contribution in [0, 0.1) is 0 Å². The lowest BCUT2D eigenvalue weighted by molar-refractivity contribution is 0.0661. The molecule has 0 bridgehead atoms. The third-order valence-electron chi connectivity index (χ3n) is 1.97. The van der Waals surface area contributed by atoms with Crippen LogP contribution in [0.4, 0.5) is 5.69 Å². The molecule has 0 saturated heterocycles. The number of carbonyl (C=O) groups is 1. The molecule has 10 heteroatoms. The fraction of sp³-hybridized carbons (Fsp3) is 0. The maximum absolute atomic E-state index is 12.0. The fourth-order valence-corrected chi connectivity index (χ4v) is 3.17. The van der Waals surface area contributed by atoms with E-state index in [4.69, 9.17) is 9.52 Å². The molecule has 0 spiro atoms. The van der Waals surface area contributed by atoms with Gasteiger partial charge in [0.15, 0.2) is 4.67 Å². The molecule has 0 radical (unpaired) electrons. The fourth-order valence-electron chi connectivity index (χ4n) is 1.20. The molecule has 100 valence electrons. The summed E-state index contributed by atoms with van der Waals surface area (Å²) >= 11 is 2.85. The SMILES string of the molecule is O=C(O)c1cc(S(=O)(=O)Nc2cncnc2)c(Br)o1. The second-order valence-electron chi connectivity index (χ2n) is 3.29. The van der Waals surface area contributed by atoms with E-state index >= 15 is 0 Å². The van der Waals surface area contributed by atoms with Crippen LogP contribution in [0.3, 0.4) is 0 Å². The third kappa shape index (κ3) is 2.90. The summed E-state index contributed by atoms with van der Waals surface area (Å²) in [6.07, 6.45) is 3.77. The number of nitrogens with one attached hydrogen (secondary N) is 1. The molecule has 19 heavy (non-hydrogen) atoms. The highest BCUT2D eigenvalue weighted by molar-refractivity contribution is 9.10. The Kier molecular flexibility index (Phi) is 3.53. The molecule has 0 fully saturated rings. The first-order chi connectivity index (χ1) is 8.90. The van der Waals surface area contributed by atoms with Gasteiger partial charge in [-0.3, -0.25) is 4.72 Å². The number of nitrogens with zero attached hydrogens (tertiary/aromatic N) is 2. The number of sulfonamides is 1. The molecule has 0 aliphatic carbocycles. The van der Waals surface area contributed by atoms with Crippen LogP contribution >= 0.6 is 15.9 Å². The normalized spacial score (nSPS) is 11.2. The van der Waals surface area contributed by atoms with E-state index in [-0.39, 0.29) is 15.3 Å². The van der Waals surface area contributed by atoms with Gasteiger partial charge in [-0.1, -0.05) is 0 Å². The highest BCUT2D eigenvalue weighted by atomic mass is 79.9. The van der Waals surface area contributed by atoms with Gasteiger partial charge in [0.25, 0.3) is 10.0 Å². The Morgan fingerprint density at radius 1 is 1.37 bits per heavy atom. The van der Waals surface area contributed by atoms with Crippen LogP contribution in [0.5, 0.6) is 0 Å². The monoisotopic (exact) mass is 347 g/mol. The highest BCUT2D eigenvalue weighted by Gasteiger charge is 2.25. The quantitative estimate of drug-likeness (QED) is 0.854. The first kappa shape index (κ1) is 13.5. The van der Waals surface area contributed by atoms with Gasteiger partial charge in [-0.25, -0.2) is 23.2 Å². The predicted molar refractivity (Wildman–Crippen MR) is 66.2 cm³/mol. The van der Waals surface area contributed by atoms with Crippen LogP contribution < -0.4 is 4.72 Å². The smallest absolute Gasteiger partial charge is 0.371 e. The molecule has 0 atom stereocenters. The van der Waals surface area contributed by atoms with Gasteiger partial charge in [-0.2, -0.15) is 0 Å². The molecule has 0 aromatic carbocycles. The van der Waals surface area contributed by atoms with E-state index in [9.17, 15) is 13.2 Å². The van der Waals surface area contributed by atoms with Gasteiger partial charge in [0.05, 0.1) is 18.1 Å². The Bertz CT molecular complexity index is 713. The summed E-state index contributed by atoms with van der Waals surface area (Å²) in [7, 11) is -3.99. The third-order valence-corrected chi connectivity index (χ3v) is 4.21. The van der Waals surface area contributed by atoms with Crippen LogP contribution in [0.25, 0.3) is 0 Å². The highest BCUT2D eigenvalue weighted by Crippen LogP contribution is 2.27. The Morgan fingerprint density at radius 3 is 2.53 bits per heavy atom. The van der Waals surface area contributed by atoms with Gasteiger partial charge in [0.2, 0.25) is 5.76 Å². The number of hydrogen-bond acceptors (Lipinski definition) is 6. The summed E-state index contributed by atoms with van der Waals surface area (Å²) in [6.45, 7) is 0. The molecule has 0 unspecified atom stereocenters. The van der Waals surface area contributed by atoms with Gasteiger partial charge in [-0.05, 0) is 15.9 Å². The van der Waals surface area contributed by atoms with E-state index in [1.165, 1.54) is 18.7 Å². The molecule has 0 aliphatic rings. The van der Waals surface area contributed by atoms with Gasteiger partial charge in [0.1, 0.15) is 11.2 Å². The lowest BCUT2D eigenvalue weighted by Crippen LogP contribution is -2.13. The molecule has 8 nitrogen and oxygen atoms in total. The van der Waals surface area contributed by atoms with E-state index in [1.807, 2.05) is 0 Å². The number of furan rings is 1. The van der Waals surface area contributed by atoms with Crippen molar-refractivity contribution in [3.8, 4) is 0 Å². The maximum atomic E-state index is 12.0.